The van der Waals surface area contributed by atoms with Crippen molar-refractivity contribution in [2.45, 2.75) is 51.9 Å². The van der Waals surface area contributed by atoms with Gasteiger partial charge in [-0.3, -0.25) is 14.5 Å². The number of amides is 1. The van der Waals surface area contributed by atoms with Crippen molar-refractivity contribution in [1.29, 1.82) is 0 Å². The fourth-order valence-corrected chi connectivity index (χ4v) is 3.47. The molecule has 1 aliphatic rings. The second-order valence-electron chi connectivity index (χ2n) is 7.66. The highest BCUT2D eigenvalue weighted by molar-refractivity contribution is 6.06. The Kier molecular flexibility index (Phi) is 5.72. The Morgan fingerprint density at radius 3 is 2.70 bits per heavy atom. The minimum atomic E-state index is -4.74. The molecule has 1 amide bonds. The Morgan fingerprint density at radius 1 is 1.30 bits per heavy atom. The summed E-state index contributed by atoms with van der Waals surface area (Å²) in [6.07, 6.45) is -3.60. The molecule has 0 fully saturated rings. The monoisotopic (exact) mass is 468 g/mol. The lowest BCUT2D eigenvalue weighted by atomic mass is 10.1. The number of rotatable bonds is 5. The highest BCUT2D eigenvalue weighted by Gasteiger charge is 2.39. The number of ether oxygens (including phenoxy) is 1. The molecule has 0 aliphatic carbocycles. The molecule has 1 atom stereocenters. The van der Waals surface area contributed by atoms with Gasteiger partial charge in [0, 0.05) is 25.2 Å². The second-order valence-corrected chi connectivity index (χ2v) is 7.66. The van der Waals surface area contributed by atoms with Crippen LogP contribution in [0.1, 0.15) is 41.6 Å². The van der Waals surface area contributed by atoms with Gasteiger partial charge in [-0.2, -0.15) is 23.0 Å². The number of nitrogens with zero attached hydrogens (tertiary/aromatic N) is 4. The van der Waals surface area contributed by atoms with Crippen LogP contribution in [0, 0.1) is 12.7 Å². The van der Waals surface area contributed by atoms with Crippen molar-refractivity contribution >= 4 is 11.6 Å². The van der Waals surface area contributed by atoms with Gasteiger partial charge in [-0.05, 0) is 32.8 Å². The van der Waals surface area contributed by atoms with Crippen LogP contribution in [-0.4, -0.2) is 42.7 Å². The molecule has 3 heterocycles. The minimum Gasteiger partial charge on any atom is -0.480 e. The number of alkyl halides is 3. The molecule has 0 bridgehead atoms. The lowest BCUT2D eigenvalue weighted by Gasteiger charge is -2.20. The zero-order valence-corrected chi connectivity index (χ0v) is 17.7. The molecule has 2 N–H and O–H groups in total. The van der Waals surface area contributed by atoms with Crippen molar-refractivity contribution in [2.75, 3.05) is 5.32 Å². The summed E-state index contributed by atoms with van der Waals surface area (Å²) in [5.41, 5.74) is -0.837. The number of hydrogen-bond donors (Lipinski definition) is 2. The Hall–Kier alpha value is -3.64. The first-order chi connectivity index (χ1) is 15.6. The molecule has 0 saturated heterocycles. The number of halogens is 4. The topological polar surface area (TPSA) is 107 Å². The summed E-state index contributed by atoms with van der Waals surface area (Å²) in [6, 6.07) is 1.61. The quantitative estimate of drug-likeness (QED) is 0.560. The third kappa shape index (κ3) is 4.34. The summed E-state index contributed by atoms with van der Waals surface area (Å²) < 4.78 is 61.7. The molecule has 4 rings (SSSR count). The molecule has 0 radical (unpaired) electrons. The molecule has 1 aliphatic heterocycles. The van der Waals surface area contributed by atoms with Gasteiger partial charge in [-0.1, -0.05) is 0 Å². The molecule has 176 valence electrons. The average molecular weight is 468 g/mol. The number of aromatic nitrogens is 5. The first-order valence-electron chi connectivity index (χ1n) is 10.1. The Bertz CT molecular complexity index is 1260. The summed E-state index contributed by atoms with van der Waals surface area (Å²) in [4.78, 5) is 25.5. The predicted molar refractivity (Wildman–Crippen MR) is 108 cm³/mol. The van der Waals surface area contributed by atoms with Crippen LogP contribution in [0.25, 0.3) is 5.69 Å². The zero-order chi connectivity index (χ0) is 23.9. The van der Waals surface area contributed by atoms with Crippen molar-refractivity contribution in [3.05, 3.63) is 51.7 Å². The summed E-state index contributed by atoms with van der Waals surface area (Å²) in [5.74, 6) is -2.03. The molecule has 9 nitrogen and oxygen atoms in total. The van der Waals surface area contributed by atoms with Gasteiger partial charge >= 0.3 is 11.9 Å². The van der Waals surface area contributed by atoms with Crippen molar-refractivity contribution < 1.29 is 27.1 Å². The fraction of sp³-hybridized carbons (Fsp3) is 0.400. The maximum absolute atomic E-state index is 15.1. The molecule has 0 spiro atoms. The number of nitrogens with one attached hydrogen (secondary N) is 2. The number of fused-ring (bicyclic) bond motifs is 1. The lowest BCUT2D eigenvalue weighted by molar-refractivity contribution is -0.189. The molecule has 0 saturated carbocycles. The van der Waals surface area contributed by atoms with Gasteiger partial charge in [-0.25, -0.2) is 9.18 Å². The van der Waals surface area contributed by atoms with Crippen LogP contribution in [0.2, 0.25) is 0 Å². The van der Waals surface area contributed by atoms with Gasteiger partial charge in [0.05, 0.1) is 16.9 Å². The summed E-state index contributed by atoms with van der Waals surface area (Å²) in [5, 5.41) is 12.9. The van der Waals surface area contributed by atoms with Crippen LogP contribution in [0.4, 0.5) is 23.2 Å². The molecular weight excluding hydrogens is 448 g/mol. The number of hydrogen-bond acceptors (Lipinski definition) is 5. The van der Waals surface area contributed by atoms with E-state index in [0.717, 1.165) is 36.6 Å². The summed E-state index contributed by atoms with van der Waals surface area (Å²) in [6.45, 7) is 2.76. The number of benzene rings is 1. The van der Waals surface area contributed by atoms with Gasteiger partial charge in [0.1, 0.15) is 23.1 Å². The number of carbonyl (C=O) groups excluding carboxylic acids is 1. The Morgan fingerprint density at radius 2 is 2.06 bits per heavy atom. The normalized spacial score (nSPS) is 14.6. The number of anilines is 1. The number of carbonyl (C=O) groups is 1. The van der Waals surface area contributed by atoms with Gasteiger partial charge in [0.15, 0.2) is 6.10 Å². The first kappa shape index (κ1) is 22.6. The molecule has 13 heteroatoms. The van der Waals surface area contributed by atoms with E-state index in [-0.39, 0.29) is 5.69 Å². The number of H-pyrrole nitrogens is 1. The van der Waals surface area contributed by atoms with E-state index in [4.69, 9.17) is 4.74 Å². The first-order valence-corrected chi connectivity index (χ1v) is 10.1. The van der Waals surface area contributed by atoms with Crippen molar-refractivity contribution in [1.82, 2.24) is 24.5 Å². The summed E-state index contributed by atoms with van der Waals surface area (Å²) >= 11 is 0. The highest BCUT2D eigenvalue weighted by Crippen LogP contribution is 2.31. The van der Waals surface area contributed by atoms with Gasteiger partial charge < -0.3 is 10.1 Å². The highest BCUT2D eigenvalue weighted by atomic mass is 19.4. The van der Waals surface area contributed by atoms with Gasteiger partial charge in [-0.15, -0.1) is 5.10 Å². The number of aryl methyl sites for hydroxylation is 2. The van der Waals surface area contributed by atoms with E-state index in [9.17, 15) is 22.8 Å². The van der Waals surface area contributed by atoms with Gasteiger partial charge in [0.2, 0.25) is 0 Å². The van der Waals surface area contributed by atoms with Crippen LogP contribution in [-0.2, 0) is 13.0 Å². The van der Waals surface area contributed by atoms with Crippen molar-refractivity contribution in [3.63, 3.8) is 0 Å². The molecule has 0 unspecified atom stereocenters. The third-order valence-electron chi connectivity index (χ3n) is 5.34. The van der Waals surface area contributed by atoms with E-state index < -0.39 is 46.7 Å². The van der Waals surface area contributed by atoms with E-state index in [2.05, 4.69) is 20.6 Å². The van der Waals surface area contributed by atoms with Crippen LogP contribution < -0.4 is 15.7 Å². The smallest absolute Gasteiger partial charge is 0.425 e. The van der Waals surface area contributed by atoms with Crippen LogP contribution >= 0.6 is 0 Å². The fourth-order valence-electron chi connectivity index (χ4n) is 3.47. The third-order valence-corrected chi connectivity index (χ3v) is 5.34. The standard InChI is InChI=1S/C20H20F4N6O3/c1-10-14(9-25-27-10)26-18(31)12-7-13(21)15(8-16(12)33-11(2)20(22,23)24)30-19(32)29-6-4-3-5-17(29)28-30/h7-9,11H,3-6H2,1-2H3,(H,25,27)(H,26,31)/t11-/m0/s1. The van der Waals surface area contributed by atoms with Gasteiger partial charge in [0.25, 0.3) is 5.91 Å². The Labute approximate surface area is 184 Å². The van der Waals surface area contributed by atoms with E-state index in [1.54, 1.807) is 6.92 Å². The average Bonchev–Trinajstić information content (AvgIpc) is 3.31. The second kappa shape index (κ2) is 8.37. The molecule has 1 aromatic carbocycles. The molecule has 33 heavy (non-hydrogen) atoms. The lowest BCUT2D eigenvalue weighted by Crippen LogP contribution is -2.32. The van der Waals surface area contributed by atoms with Crippen molar-refractivity contribution in [3.8, 4) is 11.4 Å². The maximum Gasteiger partial charge on any atom is 0.425 e. The van der Waals surface area contributed by atoms with Crippen LogP contribution in [0.15, 0.2) is 23.1 Å². The number of aromatic amines is 1. The SMILES string of the molecule is Cc1n[nH]cc1NC(=O)c1cc(F)c(-n2nc3n(c2=O)CCCC3)cc1O[C@@H](C)C(F)(F)F. The van der Waals surface area contributed by atoms with E-state index in [1.807, 2.05) is 0 Å². The largest absolute Gasteiger partial charge is 0.480 e. The zero-order valence-electron chi connectivity index (χ0n) is 17.7. The van der Waals surface area contributed by atoms with Crippen LogP contribution in [0.5, 0.6) is 5.75 Å². The molecular formula is C20H20F4N6O3. The van der Waals surface area contributed by atoms with E-state index in [1.165, 1.54) is 10.8 Å². The predicted octanol–water partition coefficient (Wildman–Crippen LogP) is 3.12. The molecule has 3 aromatic rings. The minimum absolute atomic E-state index is 0.261. The molecule has 2 aromatic heterocycles. The van der Waals surface area contributed by atoms with E-state index in [0.29, 0.717) is 24.5 Å². The maximum atomic E-state index is 15.1. The van der Waals surface area contributed by atoms with E-state index >= 15 is 4.39 Å². The van der Waals surface area contributed by atoms with Crippen LogP contribution in [0.3, 0.4) is 0 Å². The summed E-state index contributed by atoms with van der Waals surface area (Å²) in [7, 11) is 0. The van der Waals surface area contributed by atoms with Crippen molar-refractivity contribution in [2.24, 2.45) is 0 Å². The Balaban J connectivity index is 1.79.